The fourth-order valence-electron chi connectivity index (χ4n) is 3.09. The van der Waals surface area contributed by atoms with E-state index in [9.17, 15) is 9.59 Å². The van der Waals surface area contributed by atoms with Crippen LogP contribution in [0.3, 0.4) is 0 Å². The number of benzene rings is 3. The van der Waals surface area contributed by atoms with Crippen LogP contribution in [0.2, 0.25) is 5.02 Å². The van der Waals surface area contributed by atoms with E-state index in [1.807, 2.05) is 61.5 Å². The van der Waals surface area contributed by atoms with Gasteiger partial charge in [-0.05, 0) is 42.7 Å². The van der Waals surface area contributed by atoms with Gasteiger partial charge in [0.1, 0.15) is 0 Å². The van der Waals surface area contributed by atoms with Gasteiger partial charge in [-0.15, -0.1) is 0 Å². The Balaban J connectivity index is 1.83. The fraction of sp³-hybridized carbons (Fsp3) is 0.167. The highest BCUT2D eigenvalue weighted by atomic mass is 35.5. The Hall–Kier alpha value is -2.71. The molecule has 0 saturated heterocycles. The molecule has 1 atom stereocenters. The summed E-state index contributed by atoms with van der Waals surface area (Å²) in [5.74, 6) is -0.107. The zero-order valence-corrected chi connectivity index (χ0v) is 15.9. The van der Waals surface area contributed by atoms with Crippen LogP contribution in [0.1, 0.15) is 50.6 Å². The van der Waals surface area contributed by atoms with E-state index in [0.29, 0.717) is 22.6 Å². The molecular weight excluding hydrogens is 356 g/mol. The summed E-state index contributed by atoms with van der Waals surface area (Å²) in [5, 5.41) is 0.598. The SMILES string of the molecule is Cc1ccc(C(CC(=O)c2ccccc2)CC(=O)c2ccc(Cl)cc2)cc1. The maximum absolute atomic E-state index is 12.8. The lowest BCUT2D eigenvalue weighted by atomic mass is 9.86. The number of rotatable bonds is 7. The number of carbonyl (C=O) groups excluding carboxylic acids is 2. The first-order valence-electron chi connectivity index (χ1n) is 8.96. The number of halogens is 1. The Labute approximate surface area is 164 Å². The van der Waals surface area contributed by atoms with Crippen LogP contribution in [0, 0.1) is 6.92 Å². The lowest BCUT2D eigenvalue weighted by Gasteiger charge is -2.17. The Kier molecular flexibility index (Phi) is 6.20. The van der Waals surface area contributed by atoms with Crippen LogP contribution < -0.4 is 0 Å². The Morgan fingerprint density at radius 3 is 1.81 bits per heavy atom. The molecule has 0 aliphatic heterocycles. The molecule has 3 aromatic rings. The van der Waals surface area contributed by atoms with E-state index in [4.69, 9.17) is 11.6 Å². The fourth-order valence-corrected chi connectivity index (χ4v) is 3.22. The lowest BCUT2D eigenvalue weighted by Crippen LogP contribution is -2.13. The van der Waals surface area contributed by atoms with Gasteiger partial charge >= 0.3 is 0 Å². The Bertz CT molecular complexity index is 913. The first-order chi connectivity index (χ1) is 13.0. The third-order valence-corrected chi connectivity index (χ3v) is 4.93. The molecule has 0 amide bonds. The first-order valence-corrected chi connectivity index (χ1v) is 9.34. The van der Waals surface area contributed by atoms with Gasteiger partial charge in [0, 0.05) is 29.0 Å². The summed E-state index contributed by atoms with van der Waals surface area (Å²) < 4.78 is 0. The molecule has 27 heavy (non-hydrogen) atoms. The van der Waals surface area contributed by atoms with E-state index in [2.05, 4.69) is 0 Å². The smallest absolute Gasteiger partial charge is 0.163 e. The summed E-state index contributed by atoms with van der Waals surface area (Å²) in [4.78, 5) is 25.5. The molecule has 0 aliphatic carbocycles. The van der Waals surface area contributed by atoms with Crippen molar-refractivity contribution in [2.75, 3.05) is 0 Å². The number of ketones is 2. The molecule has 0 spiro atoms. The third-order valence-electron chi connectivity index (χ3n) is 4.67. The Morgan fingerprint density at radius 1 is 0.741 bits per heavy atom. The molecule has 0 aliphatic rings. The predicted octanol–water partition coefficient (Wildman–Crippen LogP) is 6.28. The summed E-state index contributed by atoms with van der Waals surface area (Å²) >= 11 is 5.91. The average molecular weight is 377 g/mol. The molecule has 0 fully saturated rings. The van der Waals surface area contributed by atoms with Crippen molar-refractivity contribution in [2.45, 2.75) is 25.7 Å². The molecule has 136 valence electrons. The monoisotopic (exact) mass is 376 g/mol. The lowest BCUT2D eigenvalue weighted by molar-refractivity contribution is 0.0944. The summed E-state index contributed by atoms with van der Waals surface area (Å²) in [5.41, 5.74) is 3.44. The van der Waals surface area contributed by atoms with Crippen LogP contribution in [0.4, 0.5) is 0 Å². The third kappa shape index (κ3) is 5.15. The largest absolute Gasteiger partial charge is 0.294 e. The van der Waals surface area contributed by atoms with Gasteiger partial charge in [0.25, 0.3) is 0 Å². The number of carbonyl (C=O) groups is 2. The molecule has 1 unspecified atom stereocenters. The highest BCUT2D eigenvalue weighted by Gasteiger charge is 2.21. The van der Waals surface area contributed by atoms with E-state index in [1.165, 1.54) is 0 Å². The maximum Gasteiger partial charge on any atom is 0.163 e. The van der Waals surface area contributed by atoms with Crippen LogP contribution in [0.5, 0.6) is 0 Å². The summed E-state index contributed by atoms with van der Waals surface area (Å²) in [6.45, 7) is 2.02. The van der Waals surface area contributed by atoms with Crippen molar-refractivity contribution < 1.29 is 9.59 Å². The van der Waals surface area contributed by atoms with E-state index in [0.717, 1.165) is 11.1 Å². The molecular formula is C24H21ClO2. The van der Waals surface area contributed by atoms with Crippen molar-refractivity contribution in [1.82, 2.24) is 0 Å². The average Bonchev–Trinajstić information content (AvgIpc) is 2.69. The molecule has 0 radical (unpaired) electrons. The summed E-state index contributed by atoms with van der Waals surface area (Å²) in [6.07, 6.45) is 0.579. The van der Waals surface area contributed by atoms with E-state index < -0.39 is 0 Å². The molecule has 3 rings (SSSR count). The second-order valence-electron chi connectivity index (χ2n) is 6.74. The van der Waals surface area contributed by atoms with Crippen LogP contribution in [0.15, 0.2) is 78.9 Å². The van der Waals surface area contributed by atoms with Gasteiger partial charge in [-0.3, -0.25) is 9.59 Å². The van der Waals surface area contributed by atoms with E-state index in [-0.39, 0.29) is 23.9 Å². The van der Waals surface area contributed by atoms with Crippen molar-refractivity contribution in [2.24, 2.45) is 0 Å². The predicted molar refractivity (Wildman–Crippen MR) is 110 cm³/mol. The second kappa shape index (κ2) is 8.79. The van der Waals surface area contributed by atoms with Crippen LogP contribution in [-0.2, 0) is 0 Å². The molecule has 0 heterocycles. The van der Waals surface area contributed by atoms with Crippen molar-refractivity contribution in [3.8, 4) is 0 Å². The van der Waals surface area contributed by atoms with Crippen molar-refractivity contribution in [1.29, 1.82) is 0 Å². The minimum absolute atomic E-state index is 0.0121. The zero-order valence-electron chi connectivity index (χ0n) is 15.2. The Morgan fingerprint density at radius 2 is 1.26 bits per heavy atom. The van der Waals surface area contributed by atoms with Crippen LogP contribution in [-0.4, -0.2) is 11.6 Å². The quantitative estimate of drug-likeness (QED) is 0.455. The van der Waals surface area contributed by atoms with E-state index in [1.54, 1.807) is 24.3 Å². The highest BCUT2D eigenvalue weighted by Crippen LogP contribution is 2.28. The molecule has 0 saturated carbocycles. The number of aryl methyl sites for hydroxylation is 1. The molecule has 0 aromatic heterocycles. The second-order valence-corrected chi connectivity index (χ2v) is 7.17. The van der Waals surface area contributed by atoms with Crippen molar-refractivity contribution in [3.05, 3.63) is 106 Å². The molecule has 3 heteroatoms. The topological polar surface area (TPSA) is 34.1 Å². The van der Waals surface area contributed by atoms with Gasteiger partial charge in [-0.2, -0.15) is 0 Å². The minimum Gasteiger partial charge on any atom is -0.294 e. The standard InChI is InChI=1S/C24H21ClO2/c1-17-7-9-18(10-8-17)21(15-23(26)19-5-3-2-4-6-19)16-24(27)20-11-13-22(25)14-12-20/h2-14,21H,15-16H2,1H3. The normalized spacial score (nSPS) is 11.8. The minimum atomic E-state index is -0.165. The van der Waals surface area contributed by atoms with Gasteiger partial charge in [0.05, 0.1) is 0 Å². The van der Waals surface area contributed by atoms with Crippen LogP contribution in [0.25, 0.3) is 0 Å². The van der Waals surface area contributed by atoms with Gasteiger partial charge < -0.3 is 0 Å². The number of hydrogen-bond acceptors (Lipinski definition) is 2. The number of hydrogen-bond donors (Lipinski definition) is 0. The van der Waals surface area contributed by atoms with Gasteiger partial charge in [0.2, 0.25) is 0 Å². The van der Waals surface area contributed by atoms with Crippen molar-refractivity contribution in [3.63, 3.8) is 0 Å². The molecule has 2 nitrogen and oxygen atoms in total. The van der Waals surface area contributed by atoms with Gasteiger partial charge in [-0.1, -0.05) is 71.8 Å². The van der Waals surface area contributed by atoms with Crippen LogP contribution >= 0.6 is 11.6 Å². The van der Waals surface area contributed by atoms with Gasteiger partial charge in [0.15, 0.2) is 11.6 Å². The highest BCUT2D eigenvalue weighted by molar-refractivity contribution is 6.30. The zero-order chi connectivity index (χ0) is 19.2. The van der Waals surface area contributed by atoms with Crippen molar-refractivity contribution >= 4 is 23.2 Å². The first kappa shape index (κ1) is 19.1. The summed E-state index contributed by atoms with van der Waals surface area (Å²) in [7, 11) is 0. The summed E-state index contributed by atoms with van der Waals surface area (Å²) in [6, 6.07) is 24.2. The maximum atomic E-state index is 12.8. The molecule has 0 bridgehead atoms. The molecule has 3 aromatic carbocycles. The van der Waals surface area contributed by atoms with Gasteiger partial charge in [-0.25, -0.2) is 0 Å². The number of Topliss-reactive ketones (excluding diaryl/α,β-unsaturated/α-hetero) is 2. The van der Waals surface area contributed by atoms with E-state index >= 15 is 0 Å². The molecule has 0 N–H and O–H groups in total.